The summed E-state index contributed by atoms with van der Waals surface area (Å²) < 4.78 is 32.5. The Morgan fingerprint density at radius 1 is 1.18 bits per heavy atom. The zero-order valence-electron chi connectivity index (χ0n) is 18.4. The molecule has 0 bridgehead atoms. The summed E-state index contributed by atoms with van der Waals surface area (Å²) in [4.78, 5) is 23.6. The highest BCUT2D eigenvalue weighted by molar-refractivity contribution is 7.89. The monoisotopic (exact) mass is 473 g/mol. The van der Waals surface area contributed by atoms with Crippen molar-refractivity contribution in [2.45, 2.75) is 56.1 Å². The first-order valence-corrected chi connectivity index (χ1v) is 12.5. The average Bonchev–Trinajstić information content (AvgIpc) is 3.35. The number of hydrogen-bond donors (Lipinski definition) is 1. The van der Waals surface area contributed by atoms with Crippen LogP contribution in [0.3, 0.4) is 0 Å². The molecule has 176 valence electrons. The molecule has 1 amide bonds. The molecular weight excluding hydrogens is 446 g/mol. The third-order valence-corrected chi connectivity index (χ3v) is 8.08. The number of ether oxygens (including phenoxy) is 1. The van der Waals surface area contributed by atoms with Crippen LogP contribution in [-0.4, -0.2) is 42.7 Å². The number of aryl methyl sites for hydroxylation is 1. The summed E-state index contributed by atoms with van der Waals surface area (Å²) in [6, 6.07) is 11.4. The molecule has 1 fully saturated rings. The number of sulfonamides is 1. The molecule has 0 radical (unpaired) electrons. The van der Waals surface area contributed by atoms with E-state index < -0.39 is 26.7 Å². The van der Waals surface area contributed by atoms with Crippen molar-refractivity contribution in [3.8, 4) is 5.75 Å². The zero-order chi connectivity index (χ0) is 23.6. The molecule has 4 rings (SSSR count). The van der Waals surface area contributed by atoms with Gasteiger partial charge in [0.15, 0.2) is 11.9 Å². The lowest BCUT2D eigenvalue weighted by atomic mass is 9.87. The molecule has 2 aliphatic rings. The summed E-state index contributed by atoms with van der Waals surface area (Å²) in [5.74, 6) is -0.535. The second-order valence-electron chi connectivity index (χ2n) is 8.41. The summed E-state index contributed by atoms with van der Waals surface area (Å²) in [6.45, 7) is 2.31. The molecule has 2 aromatic rings. The van der Waals surface area contributed by atoms with Crippen LogP contribution in [-0.2, 0) is 21.2 Å². The van der Waals surface area contributed by atoms with Crippen LogP contribution in [0, 0.1) is 10.1 Å². The van der Waals surface area contributed by atoms with Crippen LogP contribution >= 0.6 is 0 Å². The standard InChI is InChI=1S/C23H27N3O6S/c1-16(23(27)24-20-10-6-8-17-7-2-3-9-19(17)20)32-22-12-11-18(15-21(22)26(28)29)33(30,31)25-13-4-5-14-25/h2-3,7,9,11-12,15-16,20H,4-6,8,10,13-14H2,1H3,(H,24,27). The van der Waals surface area contributed by atoms with Crippen molar-refractivity contribution in [1.29, 1.82) is 0 Å². The van der Waals surface area contributed by atoms with Crippen molar-refractivity contribution in [3.63, 3.8) is 0 Å². The number of nitrogens with one attached hydrogen (secondary N) is 1. The number of nitrogens with zero attached hydrogens (tertiary/aromatic N) is 2. The molecule has 9 nitrogen and oxygen atoms in total. The van der Waals surface area contributed by atoms with E-state index in [2.05, 4.69) is 11.4 Å². The minimum Gasteiger partial charge on any atom is -0.474 e. The largest absolute Gasteiger partial charge is 0.474 e. The van der Waals surface area contributed by atoms with E-state index in [-0.39, 0.29) is 22.6 Å². The van der Waals surface area contributed by atoms with Gasteiger partial charge in [0.1, 0.15) is 0 Å². The van der Waals surface area contributed by atoms with Crippen molar-refractivity contribution < 1.29 is 22.9 Å². The van der Waals surface area contributed by atoms with Crippen LogP contribution in [0.15, 0.2) is 47.4 Å². The van der Waals surface area contributed by atoms with Gasteiger partial charge in [-0.2, -0.15) is 4.31 Å². The summed E-state index contributed by atoms with van der Waals surface area (Å²) in [5.41, 5.74) is 1.79. The molecule has 10 heteroatoms. The lowest BCUT2D eigenvalue weighted by molar-refractivity contribution is -0.386. The Labute approximate surface area is 192 Å². The number of carbonyl (C=O) groups is 1. The maximum atomic E-state index is 12.8. The van der Waals surface area contributed by atoms with Gasteiger partial charge < -0.3 is 10.1 Å². The third kappa shape index (κ3) is 4.86. The van der Waals surface area contributed by atoms with Crippen LogP contribution in [0.4, 0.5) is 5.69 Å². The highest BCUT2D eigenvalue weighted by atomic mass is 32.2. The van der Waals surface area contributed by atoms with Crippen LogP contribution < -0.4 is 10.1 Å². The van der Waals surface area contributed by atoms with Gasteiger partial charge >= 0.3 is 5.69 Å². The molecule has 33 heavy (non-hydrogen) atoms. The van der Waals surface area contributed by atoms with E-state index in [1.165, 1.54) is 28.9 Å². The molecule has 2 atom stereocenters. The summed E-state index contributed by atoms with van der Waals surface area (Å²) in [6.07, 6.45) is 3.25. The van der Waals surface area contributed by atoms with Gasteiger partial charge in [0.25, 0.3) is 5.91 Å². The number of fused-ring (bicyclic) bond motifs is 1. The normalized spacial score (nSPS) is 19.5. The van der Waals surface area contributed by atoms with E-state index in [0.29, 0.717) is 13.1 Å². The Balaban J connectivity index is 1.50. The quantitative estimate of drug-likeness (QED) is 0.487. The van der Waals surface area contributed by atoms with Gasteiger partial charge in [0, 0.05) is 19.2 Å². The highest BCUT2D eigenvalue weighted by Gasteiger charge is 2.31. The Morgan fingerprint density at radius 2 is 1.91 bits per heavy atom. The Kier molecular flexibility index (Phi) is 6.66. The SMILES string of the molecule is CC(Oc1ccc(S(=O)(=O)N2CCCC2)cc1[N+](=O)[O-])C(=O)NC1CCCc2ccccc21. The number of nitro benzene ring substituents is 1. The van der Waals surface area contributed by atoms with E-state index in [1.54, 1.807) is 0 Å². The van der Waals surface area contributed by atoms with Gasteiger partial charge in [0.05, 0.1) is 15.9 Å². The second kappa shape index (κ2) is 9.48. The van der Waals surface area contributed by atoms with Crippen LogP contribution in [0.5, 0.6) is 5.75 Å². The minimum absolute atomic E-state index is 0.142. The molecule has 1 saturated heterocycles. The van der Waals surface area contributed by atoms with Crippen molar-refractivity contribution in [1.82, 2.24) is 9.62 Å². The van der Waals surface area contributed by atoms with Gasteiger partial charge in [-0.15, -0.1) is 0 Å². The van der Waals surface area contributed by atoms with Crippen molar-refractivity contribution >= 4 is 21.6 Å². The van der Waals surface area contributed by atoms with Crippen LogP contribution in [0.25, 0.3) is 0 Å². The molecule has 1 aliphatic carbocycles. The molecule has 0 spiro atoms. The van der Waals surface area contributed by atoms with Crippen molar-refractivity contribution in [2.24, 2.45) is 0 Å². The van der Waals surface area contributed by atoms with Gasteiger partial charge in [-0.3, -0.25) is 14.9 Å². The molecule has 2 aromatic carbocycles. The first-order valence-electron chi connectivity index (χ1n) is 11.1. The molecule has 0 saturated carbocycles. The van der Waals surface area contributed by atoms with Crippen molar-refractivity contribution in [3.05, 3.63) is 63.7 Å². The molecular formula is C23H27N3O6S. The fourth-order valence-corrected chi connectivity index (χ4v) is 5.95. The number of nitro groups is 1. The van der Waals surface area contributed by atoms with Gasteiger partial charge in [-0.1, -0.05) is 24.3 Å². The number of amides is 1. The predicted molar refractivity (Wildman–Crippen MR) is 121 cm³/mol. The Bertz CT molecular complexity index is 1160. The zero-order valence-corrected chi connectivity index (χ0v) is 19.2. The van der Waals surface area contributed by atoms with E-state index in [4.69, 9.17) is 4.74 Å². The number of rotatable bonds is 7. The number of carbonyl (C=O) groups excluding carboxylic acids is 1. The fourth-order valence-electron chi connectivity index (χ4n) is 4.41. The van der Waals surface area contributed by atoms with Gasteiger partial charge in [0.2, 0.25) is 10.0 Å². The van der Waals surface area contributed by atoms with Gasteiger partial charge in [-0.05, 0) is 62.3 Å². The minimum atomic E-state index is -3.81. The van der Waals surface area contributed by atoms with E-state index in [1.807, 2.05) is 18.2 Å². The maximum absolute atomic E-state index is 12.8. The van der Waals surface area contributed by atoms with Crippen molar-refractivity contribution in [2.75, 3.05) is 13.1 Å². The Hall–Kier alpha value is -2.98. The first-order chi connectivity index (χ1) is 15.8. The van der Waals surface area contributed by atoms with E-state index in [0.717, 1.165) is 43.7 Å². The third-order valence-electron chi connectivity index (χ3n) is 6.19. The van der Waals surface area contributed by atoms with Gasteiger partial charge in [-0.25, -0.2) is 8.42 Å². The smallest absolute Gasteiger partial charge is 0.312 e. The maximum Gasteiger partial charge on any atom is 0.312 e. The van der Waals surface area contributed by atoms with Crippen LogP contribution in [0.1, 0.15) is 49.8 Å². The summed E-state index contributed by atoms with van der Waals surface area (Å²) >= 11 is 0. The van der Waals surface area contributed by atoms with Crippen LogP contribution in [0.2, 0.25) is 0 Å². The molecule has 2 unspecified atom stereocenters. The molecule has 1 N–H and O–H groups in total. The molecule has 1 aliphatic heterocycles. The highest BCUT2D eigenvalue weighted by Crippen LogP contribution is 2.33. The fraction of sp³-hybridized carbons (Fsp3) is 0.435. The van der Waals surface area contributed by atoms with E-state index >= 15 is 0 Å². The average molecular weight is 474 g/mol. The lowest BCUT2D eigenvalue weighted by Crippen LogP contribution is -2.39. The number of benzene rings is 2. The number of hydrogen-bond acceptors (Lipinski definition) is 6. The van der Waals surface area contributed by atoms with E-state index in [9.17, 15) is 23.3 Å². The molecule has 1 heterocycles. The lowest BCUT2D eigenvalue weighted by Gasteiger charge is -2.27. The summed E-state index contributed by atoms with van der Waals surface area (Å²) in [5, 5.41) is 14.6. The topological polar surface area (TPSA) is 119 Å². The predicted octanol–water partition coefficient (Wildman–Crippen LogP) is 3.34. The Morgan fingerprint density at radius 3 is 2.64 bits per heavy atom. The second-order valence-corrected chi connectivity index (χ2v) is 10.3. The molecule has 0 aromatic heterocycles. The first kappa shape index (κ1) is 23.2. The summed E-state index contributed by atoms with van der Waals surface area (Å²) in [7, 11) is -3.81.